The van der Waals surface area contributed by atoms with Crippen molar-refractivity contribution in [2.24, 2.45) is 0 Å². The normalized spacial score (nSPS) is 14.3. The first-order valence-corrected chi connectivity index (χ1v) is 33.4. The van der Waals surface area contributed by atoms with E-state index >= 15 is 0 Å². The zero-order chi connectivity index (χ0) is 63.8. The van der Waals surface area contributed by atoms with Gasteiger partial charge in [-0.3, -0.25) is 0 Å². The Morgan fingerprint density at radius 1 is 0.266 bits per heavy atom. The summed E-state index contributed by atoms with van der Waals surface area (Å²) in [6, 6.07) is 95.8. The SMILES string of the molecule is Cc1cc(C)c(-c2cccc(-c3c(C)cc(C)cc3C)c2B2c3ccc(N4c5ccc(C)cc5C5(c6ccccc6-c6ccccc65)c5cc(C)ccc54)cc3Oc3cc(N4c5ccc(C)cc5C5(c6ccccc6-c6ccccc65)c5cc(C)ccc54)ccc32)c(C)c1. The van der Waals surface area contributed by atoms with Crippen LogP contribution in [0, 0.1) is 69.2 Å². The molecule has 0 fully saturated rings. The Labute approximate surface area is 553 Å². The molecule has 5 aliphatic rings. The molecule has 0 N–H and O–H groups in total. The van der Waals surface area contributed by atoms with Crippen molar-refractivity contribution in [2.75, 3.05) is 9.80 Å². The van der Waals surface area contributed by atoms with Gasteiger partial charge in [0.25, 0.3) is 6.71 Å². The molecule has 450 valence electrons. The second kappa shape index (κ2) is 20.4. The third-order valence-electron chi connectivity index (χ3n) is 21.7. The predicted molar refractivity (Wildman–Crippen MR) is 393 cm³/mol. The van der Waals surface area contributed by atoms with E-state index < -0.39 is 10.8 Å². The van der Waals surface area contributed by atoms with E-state index in [1.165, 1.54) is 150 Å². The van der Waals surface area contributed by atoms with Crippen molar-refractivity contribution >= 4 is 57.2 Å². The topological polar surface area (TPSA) is 15.7 Å². The third kappa shape index (κ3) is 7.68. The standard InChI is InChI=1S/C90H71BN2O/c1-52-30-38-80-74(46-52)89(70-26-15-11-20-64(70)65-21-12-16-27-71(65)89)75-47-53(2)31-39-81(75)92(80)62-34-36-78-84(50-62)94-85-51-63(35-37-79(85)91(78)88-68(86-58(7)42-56(5)43-59(86)8)24-19-25-69(88)87-60(9)44-57(6)45-61(87)10)93-82-40-32-54(3)48-76(82)90(77-49-55(4)33-41-83(77)93)72-28-17-13-22-66(72)67-23-14-18-29-73(67)90/h11-51H,1-10H3. The van der Waals surface area contributed by atoms with Gasteiger partial charge in [-0.05, 0) is 228 Å². The Balaban J connectivity index is 0.899. The molecule has 3 nitrogen and oxygen atoms in total. The molecule has 0 saturated carbocycles. The lowest BCUT2D eigenvalue weighted by atomic mass is 9.34. The van der Waals surface area contributed by atoms with Crippen LogP contribution in [0.15, 0.2) is 249 Å². The maximum absolute atomic E-state index is 7.86. The molecule has 3 aliphatic heterocycles. The first-order valence-electron chi connectivity index (χ1n) is 33.4. The van der Waals surface area contributed by atoms with Crippen molar-refractivity contribution in [3.8, 4) is 56.0 Å². The highest BCUT2D eigenvalue weighted by Crippen LogP contribution is 2.66. The smallest absolute Gasteiger partial charge is 0.252 e. The fraction of sp³-hybridized carbons (Fsp3) is 0.133. The lowest BCUT2D eigenvalue weighted by Crippen LogP contribution is -2.56. The summed E-state index contributed by atoms with van der Waals surface area (Å²) in [5, 5.41) is 0. The summed E-state index contributed by atoms with van der Waals surface area (Å²) in [4.78, 5) is 5.06. The van der Waals surface area contributed by atoms with Crippen LogP contribution >= 0.6 is 0 Å². The van der Waals surface area contributed by atoms with E-state index in [-0.39, 0.29) is 6.71 Å². The van der Waals surface area contributed by atoms with Gasteiger partial charge in [0, 0.05) is 23.5 Å². The summed E-state index contributed by atoms with van der Waals surface area (Å²) in [6.07, 6.45) is 0. The van der Waals surface area contributed by atoms with E-state index in [1.54, 1.807) is 0 Å². The molecule has 2 spiro atoms. The first kappa shape index (κ1) is 56.1. The van der Waals surface area contributed by atoms with Crippen LogP contribution in [0.3, 0.4) is 0 Å². The van der Waals surface area contributed by atoms with Crippen molar-refractivity contribution in [3.05, 3.63) is 349 Å². The molecule has 0 unspecified atom stereocenters. The van der Waals surface area contributed by atoms with E-state index in [9.17, 15) is 0 Å². The summed E-state index contributed by atoms with van der Waals surface area (Å²) in [5.41, 5.74) is 42.2. The maximum Gasteiger partial charge on any atom is 0.252 e. The zero-order valence-electron chi connectivity index (χ0n) is 55.1. The maximum atomic E-state index is 7.86. The van der Waals surface area contributed by atoms with Crippen LogP contribution in [0.2, 0.25) is 0 Å². The molecule has 94 heavy (non-hydrogen) atoms. The molecule has 0 aromatic heterocycles. The molecular weight excluding hydrogens is 1140 g/mol. The van der Waals surface area contributed by atoms with Crippen molar-refractivity contribution in [2.45, 2.75) is 80.1 Å². The fourth-order valence-electron chi connectivity index (χ4n) is 18.4. The molecule has 18 rings (SSSR count). The summed E-state index contributed by atoms with van der Waals surface area (Å²) in [5.74, 6) is 1.68. The third-order valence-corrected chi connectivity index (χ3v) is 21.7. The second-order valence-electron chi connectivity index (χ2n) is 27.7. The van der Waals surface area contributed by atoms with Gasteiger partial charge in [0.15, 0.2) is 0 Å². The van der Waals surface area contributed by atoms with Crippen molar-refractivity contribution in [3.63, 3.8) is 0 Å². The number of ether oxygens (including phenoxy) is 1. The summed E-state index contributed by atoms with van der Waals surface area (Å²) in [7, 11) is 0. The quantitative estimate of drug-likeness (QED) is 0.160. The molecule has 13 aromatic carbocycles. The van der Waals surface area contributed by atoms with E-state index in [4.69, 9.17) is 4.74 Å². The number of aryl methyl sites for hydroxylation is 10. The Kier molecular flexibility index (Phi) is 12.2. The Bertz CT molecular complexity index is 4890. The molecule has 13 aromatic rings. The van der Waals surface area contributed by atoms with Gasteiger partial charge in [-0.15, -0.1) is 0 Å². The first-order chi connectivity index (χ1) is 45.7. The summed E-state index contributed by atoms with van der Waals surface area (Å²) < 4.78 is 7.86. The van der Waals surface area contributed by atoms with Crippen molar-refractivity contribution in [1.29, 1.82) is 0 Å². The number of hydrogen-bond donors (Lipinski definition) is 0. The number of fused-ring (bicyclic) bond motifs is 20. The molecular formula is C90H71BN2O. The lowest BCUT2D eigenvalue weighted by molar-refractivity contribution is 0.487. The van der Waals surface area contributed by atoms with Gasteiger partial charge in [0.2, 0.25) is 0 Å². The Hall–Kier alpha value is -10.7. The minimum absolute atomic E-state index is 0.254. The number of anilines is 6. The Morgan fingerprint density at radius 3 is 0.883 bits per heavy atom. The van der Waals surface area contributed by atoms with Crippen LogP contribution in [0.25, 0.3) is 44.5 Å². The van der Waals surface area contributed by atoms with E-state index in [2.05, 4.69) is 328 Å². The van der Waals surface area contributed by atoms with Gasteiger partial charge in [-0.1, -0.05) is 239 Å². The van der Waals surface area contributed by atoms with Crippen LogP contribution in [-0.4, -0.2) is 6.71 Å². The van der Waals surface area contributed by atoms with Crippen LogP contribution in [0.4, 0.5) is 34.1 Å². The molecule has 0 saturated heterocycles. The zero-order valence-corrected chi connectivity index (χ0v) is 55.1. The molecule has 0 bridgehead atoms. The monoisotopic (exact) mass is 1210 g/mol. The highest BCUT2D eigenvalue weighted by Gasteiger charge is 2.54. The Morgan fingerprint density at radius 2 is 0.564 bits per heavy atom. The number of hydrogen-bond acceptors (Lipinski definition) is 3. The van der Waals surface area contributed by atoms with Crippen LogP contribution in [0.1, 0.15) is 100 Å². The predicted octanol–water partition coefficient (Wildman–Crippen LogP) is 21.0. The van der Waals surface area contributed by atoms with Gasteiger partial charge < -0.3 is 14.5 Å². The van der Waals surface area contributed by atoms with Crippen LogP contribution in [-0.2, 0) is 10.8 Å². The number of nitrogens with zero attached hydrogens (tertiary/aromatic N) is 2. The molecule has 2 aliphatic carbocycles. The van der Waals surface area contributed by atoms with Crippen molar-refractivity contribution in [1.82, 2.24) is 0 Å². The summed E-state index contributed by atoms with van der Waals surface area (Å²) >= 11 is 0. The van der Waals surface area contributed by atoms with Gasteiger partial charge in [0.1, 0.15) is 11.5 Å². The summed E-state index contributed by atoms with van der Waals surface area (Å²) in [6.45, 7) is 22.4. The number of rotatable bonds is 5. The lowest BCUT2D eigenvalue weighted by Gasteiger charge is -2.45. The molecule has 0 radical (unpaired) electrons. The van der Waals surface area contributed by atoms with Gasteiger partial charge in [-0.2, -0.15) is 0 Å². The second-order valence-corrected chi connectivity index (χ2v) is 27.7. The van der Waals surface area contributed by atoms with Crippen molar-refractivity contribution < 1.29 is 4.74 Å². The highest BCUT2D eigenvalue weighted by molar-refractivity contribution is 6.98. The average molecular weight is 1210 g/mol. The van der Waals surface area contributed by atoms with Crippen LogP contribution in [0.5, 0.6) is 11.5 Å². The average Bonchev–Trinajstić information content (AvgIpc) is 1.44. The minimum atomic E-state index is -0.552. The molecule has 0 atom stereocenters. The van der Waals surface area contributed by atoms with E-state index in [1.807, 2.05) is 0 Å². The minimum Gasteiger partial charge on any atom is -0.458 e. The molecule has 4 heteroatoms. The van der Waals surface area contributed by atoms with Gasteiger partial charge in [-0.25, -0.2) is 0 Å². The van der Waals surface area contributed by atoms with Crippen LogP contribution < -0.4 is 30.9 Å². The molecule has 3 heterocycles. The number of benzene rings is 13. The molecule has 0 amide bonds. The van der Waals surface area contributed by atoms with E-state index in [0.29, 0.717) is 0 Å². The largest absolute Gasteiger partial charge is 0.458 e. The van der Waals surface area contributed by atoms with Gasteiger partial charge in [0.05, 0.1) is 33.6 Å². The highest BCUT2D eigenvalue weighted by atomic mass is 16.5. The fourth-order valence-corrected chi connectivity index (χ4v) is 18.4. The van der Waals surface area contributed by atoms with Gasteiger partial charge >= 0.3 is 0 Å². The van der Waals surface area contributed by atoms with E-state index in [0.717, 1.165) is 56.5 Å².